The summed E-state index contributed by atoms with van der Waals surface area (Å²) < 4.78 is 74.4. The summed E-state index contributed by atoms with van der Waals surface area (Å²) in [5.41, 5.74) is -0.804. The van der Waals surface area contributed by atoms with Crippen LogP contribution in [-0.2, 0) is 6.18 Å². The third-order valence-electron chi connectivity index (χ3n) is 5.22. The molecule has 32 heavy (non-hydrogen) atoms. The van der Waals surface area contributed by atoms with Crippen molar-refractivity contribution in [2.75, 3.05) is 18.0 Å². The van der Waals surface area contributed by atoms with Gasteiger partial charge in [0.05, 0.1) is 11.8 Å². The average Bonchev–Trinajstić information content (AvgIpc) is 2.83. The second-order valence-electron chi connectivity index (χ2n) is 8.41. The van der Waals surface area contributed by atoms with Gasteiger partial charge in [0.25, 0.3) is 0 Å². The lowest BCUT2D eigenvalue weighted by atomic mass is 10.0. The van der Waals surface area contributed by atoms with Crippen molar-refractivity contribution in [3.63, 3.8) is 0 Å². The van der Waals surface area contributed by atoms with E-state index in [0.717, 1.165) is 0 Å². The van der Waals surface area contributed by atoms with Crippen LogP contribution >= 0.6 is 0 Å². The highest BCUT2D eigenvalue weighted by Gasteiger charge is 2.38. The maximum Gasteiger partial charge on any atom is 0.433 e. The van der Waals surface area contributed by atoms with Gasteiger partial charge in [0.2, 0.25) is 11.4 Å². The molecule has 10 heteroatoms. The molecule has 0 bridgehead atoms. The number of ether oxygens (including phenoxy) is 1. The summed E-state index contributed by atoms with van der Waals surface area (Å²) in [4.78, 5) is 21.0. The van der Waals surface area contributed by atoms with Crippen LogP contribution in [0.1, 0.15) is 50.1 Å². The Morgan fingerprint density at radius 1 is 1.16 bits per heavy atom. The van der Waals surface area contributed by atoms with E-state index in [1.165, 1.54) is 24.0 Å². The molecule has 3 heterocycles. The molecule has 0 saturated carbocycles. The van der Waals surface area contributed by atoms with Crippen molar-refractivity contribution in [2.24, 2.45) is 0 Å². The minimum absolute atomic E-state index is 0.0482. The van der Waals surface area contributed by atoms with Gasteiger partial charge < -0.3 is 14.6 Å². The van der Waals surface area contributed by atoms with Crippen LogP contribution in [0.4, 0.5) is 27.8 Å². The predicted molar refractivity (Wildman–Crippen MR) is 112 cm³/mol. The van der Waals surface area contributed by atoms with E-state index in [-0.39, 0.29) is 60.4 Å². The van der Waals surface area contributed by atoms with E-state index >= 15 is 0 Å². The Morgan fingerprint density at radius 2 is 1.84 bits per heavy atom. The monoisotopic (exact) mass is 459 g/mol. The maximum absolute atomic E-state index is 13.9. The molecule has 176 valence electrons. The molecule has 1 N–H and O–H groups in total. The van der Waals surface area contributed by atoms with E-state index in [1.54, 1.807) is 20.8 Å². The van der Waals surface area contributed by atoms with Gasteiger partial charge in [-0.25, -0.2) is 13.8 Å². The van der Waals surface area contributed by atoms with Crippen LogP contribution in [-0.4, -0.2) is 35.1 Å². The number of nitrogens with zero attached hydrogens (tertiary/aromatic N) is 2. The molecule has 0 aliphatic carbocycles. The first kappa shape index (κ1) is 24.0. The summed E-state index contributed by atoms with van der Waals surface area (Å²) in [6, 6.07) is 2.61. The van der Waals surface area contributed by atoms with Gasteiger partial charge >= 0.3 is 6.18 Å². The van der Waals surface area contributed by atoms with Gasteiger partial charge in [0.1, 0.15) is 11.5 Å². The second-order valence-corrected chi connectivity index (χ2v) is 8.41. The van der Waals surface area contributed by atoms with Gasteiger partial charge in [-0.2, -0.15) is 13.2 Å². The van der Waals surface area contributed by atoms with Crippen LogP contribution in [0.25, 0.3) is 11.3 Å². The van der Waals surface area contributed by atoms with Crippen molar-refractivity contribution < 1.29 is 26.7 Å². The van der Waals surface area contributed by atoms with E-state index in [2.05, 4.69) is 9.97 Å². The fourth-order valence-corrected chi connectivity index (χ4v) is 3.81. The quantitative estimate of drug-likeness (QED) is 0.615. The number of alkyl halides is 5. The van der Waals surface area contributed by atoms with Gasteiger partial charge in [-0.1, -0.05) is 0 Å². The summed E-state index contributed by atoms with van der Waals surface area (Å²) in [6.07, 6.45) is -5.84. The number of pyridine rings is 2. The largest absolute Gasteiger partial charge is 0.485 e. The van der Waals surface area contributed by atoms with Crippen molar-refractivity contribution in [3.8, 4) is 17.0 Å². The Hall–Kier alpha value is -2.65. The number of halogens is 5. The first-order valence-corrected chi connectivity index (χ1v) is 10.4. The SMILES string of the molecule is Cc1cc(=O)c(OC(C)C)c(-c2cc(C)c(C(F)(F)F)nc2N2CCCC(F)(F)CC2)[nH]1. The standard InChI is InChI=1S/C22H26F5N3O2/c1-12(2)32-18-16(31)11-14(4)28-17(18)15-10-13(3)19(22(25,26)27)29-20(15)30-8-5-6-21(23,24)7-9-30/h10-12H,5-9H2,1-4H3,(H,28,31). The van der Waals surface area contributed by atoms with E-state index in [0.29, 0.717) is 5.69 Å². The zero-order valence-corrected chi connectivity index (χ0v) is 18.4. The number of aromatic amines is 1. The Morgan fingerprint density at radius 3 is 2.47 bits per heavy atom. The molecule has 1 aliphatic rings. The van der Waals surface area contributed by atoms with Crippen LogP contribution in [0, 0.1) is 13.8 Å². The summed E-state index contributed by atoms with van der Waals surface area (Å²) in [6.45, 7) is 6.31. The van der Waals surface area contributed by atoms with E-state index in [4.69, 9.17) is 4.74 Å². The van der Waals surface area contributed by atoms with Crippen LogP contribution in [0.5, 0.6) is 5.75 Å². The molecular weight excluding hydrogens is 433 g/mol. The lowest BCUT2D eigenvalue weighted by Crippen LogP contribution is -2.28. The smallest absolute Gasteiger partial charge is 0.433 e. The molecule has 1 saturated heterocycles. The van der Waals surface area contributed by atoms with Crippen LogP contribution in [0.3, 0.4) is 0 Å². The molecule has 5 nitrogen and oxygen atoms in total. The molecular formula is C22H26F5N3O2. The van der Waals surface area contributed by atoms with Crippen molar-refractivity contribution in [2.45, 2.75) is 65.2 Å². The molecule has 0 spiro atoms. The fraction of sp³-hybridized carbons (Fsp3) is 0.545. The fourth-order valence-electron chi connectivity index (χ4n) is 3.81. The third kappa shape index (κ3) is 5.21. The Bertz CT molecular complexity index is 1050. The normalized spacial score (nSPS) is 16.9. The van der Waals surface area contributed by atoms with Crippen molar-refractivity contribution >= 4 is 5.82 Å². The first-order chi connectivity index (χ1) is 14.8. The number of anilines is 1. The third-order valence-corrected chi connectivity index (χ3v) is 5.22. The number of aryl methyl sites for hydroxylation is 2. The molecule has 0 atom stereocenters. The Balaban J connectivity index is 2.27. The zero-order chi connectivity index (χ0) is 23.8. The van der Waals surface area contributed by atoms with Crippen molar-refractivity contribution in [3.05, 3.63) is 39.3 Å². The molecule has 2 aromatic rings. The number of nitrogens with one attached hydrogen (secondary N) is 1. The summed E-state index contributed by atoms with van der Waals surface area (Å²) in [5, 5.41) is 0. The number of hydrogen-bond donors (Lipinski definition) is 1. The van der Waals surface area contributed by atoms with Gasteiger partial charge in [-0.15, -0.1) is 0 Å². The molecule has 0 aromatic carbocycles. The lowest BCUT2D eigenvalue weighted by molar-refractivity contribution is -0.141. The van der Waals surface area contributed by atoms with E-state index in [9.17, 15) is 26.7 Å². The first-order valence-electron chi connectivity index (χ1n) is 10.4. The number of rotatable bonds is 4. The molecule has 2 aromatic heterocycles. The van der Waals surface area contributed by atoms with E-state index < -0.39 is 29.6 Å². The van der Waals surface area contributed by atoms with Crippen molar-refractivity contribution in [1.82, 2.24) is 9.97 Å². The zero-order valence-electron chi connectivity index (χ0n) is 18.4. The molecule has 0 unspecified atom stereocenters. The Kier molecular flexibility index (Phi) is 6.53. The summed E-state index contributed by atoms with van der Waals surface area (Å²) in [7, 11) is 0. The number of H-pyrrole nitrogens is 1. The predicted octanol–water partition coefficient (Wildman–Crippen LogP) is 5.49. The molecule has 1 aliphatic heterocycles. The molecule has 1 fully saturated rings. The number of hydrogen-bond acceptors (Lipinski definition) is 4. The van der Waals surface area contributed by atoms with E-state index in [1.807, 2.05) is 0 Å². The minimum atomic E-state index is -4.72. The highest BCUT2D eigenvalue weighted by Crippen LogP contribution is 2.40. The maximum atomic E-state index is 13.9. The lowest BCUT2D eigenvalue weighted by Gasteiger charge is -2.27. The summed E-state index contributed by atoms with van der Waals surface area (Å²) >= 11 is 0. The molecule has 0 radical (unpaired) electrons. The second kappa shape index (κ2) is 8.71. The minimum Gasteiger partial charge on any atom is -0.485 e. The highest BCUT2D eigenvalue weighted by atomic mass is 19.4. The molecule has 3 rings (SSSR count). The summed E-state index contributed by atoms with van der Waals surface area (Å²) in [5.74, 6) is -3.04. The number of aromatic nitrogens is 2. The van der Waals surface area contributed by atoms with Gasteiger partial charge in [0, 0.05) is 43.3 Å². The Labute approximate surface area is 182 Å². The topological polar surface area (TPSA) is 58.2 Å². The van der Waals surface area contributed by atoms with Crippen LogP contribution < -0.4 is 15.1 Å². The van der Waals surface area contributed by atoms with Gasteiger partial charge in [-0.3, -0.25) is 4.79 Å². The molecule has 0 amide bonds. The van der Waals surface area contributed by atoms with Gasteiger partial charge in [-0.05, 0) is 45.7 Å². The van der Waals surface area contributed by atoms with Gasteiger partial charge in [0.15, 0.2) is 5.75 Å². The highest BCUT2D eigenvalue weighted by molar-refractivity contribution is 5.78. The van der Waals surface area contributed by atoms with Crippen LogP contribution in [0.15, 0.2) is 16.9 Å². The average molecular weight is 459 g/mol. The van der Waals surface area contributed by atoms with Crippen LogP contribution in [0.2, 0.25) is 0 Å². The van der Waals surface area contributed by atoms with Crippen molar-refractivity contribution in [1.29, 1.82) is 0 Å².